The normalized spacial score (nSPS) is 16.2. The highest BCUT2D eigenvalue weighted by atomic mass is 31.2. The Bertz CT molecular complexity index is 366. The second-order valence-corrected chi connectivity index (χ2v) is 6.47. The second kappa shape index (κ2) is 8.19. The zero-order valence-electron chi connectivity index (χ0n) is 11.1. The molecule has 7 heteroatoms. The molecule has 104 valence electrons. The SMILES string of the molecule is CCOC(=O)C=CC(NCC(C)=O)P(C)(=O)OC. The van der Waals surface area contributed by atoms with Crippen LogP contribution in [0.25, 0.3) is 0 Å². The van der Waals surface area contributed by atoms with Crippen molar-refractivity contribution in [3.63, 3.8) is 0 Å². The van der Waals surface area contributed by atoms with Crippen molar-refractivity contribution in [1.82, 2.24) is 5.32 Å². The summed E-state index contributed by atoms with van der Waals surface area (Å²) in [6, 6.07) is 0. The van der Waals surface area contributed by atoms with Crippen molar-refractivity contribution >= 4 is 19.1 Å². The van der Waals surface area contributed by atoms with Crippen molar-refractivity contribution in [2.75, 3.05) is 26.9 Å². The van der Waals surface area contributed by atoms with Crippen LogP contribution in [-0.2, 0) is 23.4 Å². The molecule has 0 aliphatic heterocycles. The lowest BCUT2D eigenvalue weighted by Gasteiger charge is -2.20. The second-order valence-electron chi connectivity index (χ2n) is 3.73. The highest BCUT2D eigenvalue weighted by molar-refractivity contribution is 7.59. The van der Waals surface area contributed by atoms with E-state index in [1.165, 1.54) is 32.9 Å². The van der Waals surface area contributed by atoms with Crippen LogP contribution in [0.2, 0.25) is 0 Å². The van der Waals surface area contributed by atoms with E-state index in [1.807, 2.05) is 0 Å². The molecule has 0 rings (SSSR count). The molecule has 0 aromatic rings. The van der Waals surface area contributed by atoms with Gasteiger partial charge in [0.1, 0.15) is 11.6 Å². The maximum absolute atomic E-state index is 12.1. The molecule has 0 aliphatic rings. The quantitative estimate of drug-likeness (QED) is 0.407. The molecule has 0 amide bonds. The maximum Gasteiger partial charge on any atom is 0.330 e. The molecule has 0 fully saturated rings. The van der Waals surface area contributed by atoms with Gasteiger partial charge < -0.3 is 9.26 Å². The van der Waals surface area contributed by atoms with Crippen LogP contribution in [0.5, 0.6) is 0 Å². The molecule has 2 unspecified atom stereocenters. The van der Waals surface area contributed by atoms with Crippen molar-refractivity contribution in [2.24, 2.45) is 0 Å². The minimum Gasteiger partial charge on any atom is -0.463 e. The zero-order chi connectivity index (χ0) is 14.2. The monoisotopic (exact) mass is 277 g/mol. The number of nitrogens with one attached hydrogen (secondary N) is 1. The molecule has 1 N–H and O–H groups in total. The highest BCUT2D eigenvalue weighted by Crippen LogP contribution is 2.46. The molecule has 18 heavy (non-hydrogen) atoms. The lowest BCUT2D eigenvalue weighted by atomic mass is 10.4. The van der Waals surface area contributed by atoms with E-state index in [0.29, 0.717) is 0 Å². The van der Waals surface area contributed by atoms with Crippen LogP contribution in [0.4, 0.5) is 0 Å². The van der Waals surface area contributed by atoms with Gasteiger partial charge in [0.25, 0.3) is 0 Å². The first-order chi connectivity index (χ1) is 8.33. The molecule has 0 aliphatic carbocycles. The van der Waals surface area contributed by atoms with Gasteiger partial charge in [-0.3, -0.25) is 14.7 Å². The van der Waals surface area contributed by atoms with Crippen molar-refractivity contribution < 1.29 is 23.4 Å². The van der Waals surface area contributed by atoms with Gasteiger partial charge in [0.05, 0.1) is 13.2 Å². The van der Waals surface area contributed by atoms with Crippen LogP contribution < -0.4 is 5.32 Å². The summed E-state index contributed by atoms with van der Waals surface area (Å²) in [5.74, 6) is -1.32. The standard InChI is InChI=1S/C11H20NO5P/c1-5-17-11(14)7-6-10(12-8-9(2)13)18(4,15)16-3/h6-7,10,12H,5,8H2,1-4H3. The first kappa shape index (κ1) is 17.0. The predicted molar refractivity (Wildman–Crippen MR) is 68.8 cm³/mol. The third-order valence-electron chi connectivity index (χ3n) is 2.13. The predicted octanol–water partition coefficient (Wildman–Crippen LogP) is 1.16. The Morgan fingerprint density at radius 2 is 2.06 bits per heavy atom. The Morgan fingerprint density at radius 3 is 2.50 bits per heavy atom. The third-order valence-corrected chi connectivity index (χ3v) is 4.22. The van der Waals surface area contributed by atoms with Gasteiger partial charge in [0.15, 0.2) is 0 Å². The lowest BCUT2D eigenvalue weighted by Crippen LogP contribution is -2.31. The Labute approximate surface area is 107 Å². The summed E-state index contributed by atoms with van der Waals surface area (Å²) < 4.78 is 21.7. The first-order valence-corrected chi connectivity index (χ1v) is 7.68. The van der Waals surface area contributed by atoms with Gasteiger partial charge in [-0.05, 0) is 13.8 Å². The van der Waals surface area contributed by atoms with Crippen molar-refractivity contribution in [3.8, 4) is 0 Å². The molecule has 0 bridgehead atoms. The van der Waals surface area contributed by atoms with Gasteiger partial charge in [0.2, 0.25) is 7.37 Å². The average Bonchev–Trinajstić information content (AvgIpc) is 2.28. The molecule has 0 aromatic carbocycles. The average molecular weight is 277 g/mol. The van der Waals surface area contributed by atoms with E-state index in [0.717, 1.165) is 0 Å². The topological polar surface area (TPSA) is 81.7 Å². The number of rotatable bonds is 8. The summed E-state index contributed by atoms with van der Waals surface area (Å²) in [5.41, 5.74) is 0. The van der Waals surface area contributed by atoms with Gasteiger partial charge in [-0.2, -0.15) is 0 Å². The lowest BCUT2D eigenvalue weighted by molar-refractivity contribution is -0.137. The first-order valence-electron chi connectivity index (χ1n) is 5.54. The van der Waals surface area contributed by atoms with E-state index in [2.05, 4.69) is 5.32 Å². The number of carbonyl (C=O) groups excluding carboxylic acids is 2. The molecule has 0 aromatic heterocycles. The number of esters is 1. The Balaban J connectivity index is 4.72. The maximum atomic E-state index is 12.1. The Kier molecular flexibility index (Phi) is 7.75. The molecule has 0 heterocycles. The fourth-order valence-corrected chi connectivity index (χ4v) is 2.16. The van der Waals surface area contributed by atoms with Gasteiger partial charge in [-0.15, -0.1) is 0 Å². The number of Topliss-reactive ketones (excluding diaryl/α,β-unsaturated/α-hetero) is 1. The summed E-state index contributed by atoms with van der Waals surface area (Å²) in [6.07, 6.45) is 2.57. The van der Waals surface area contributed by atoms with Crippen molar-refractivity contribution in [3.05, 3.63) is 12.2 Å². The third kappa shape index (κ3) is 6.69. The molecule has 0 radical (unpaired) electrons. The molecular weight excluding hydrogens is 257 g/mol. The molecule has 2 atom stereocenters. The minimum absolute atomic E-state index is 0.0546. The summed E-state index contributed by atoms with van der Waals surface area (Å²) in [6.45, 7) is 4.85. The van der Waals surface area contributed by atoms with E-state index in [-0.39, 0.29) is 18.9 Å². The van der Waals surface area contributed by atoms with E-state index in [1.54, 1.807) is 6.92 Å². The fourth-order valence-electron chi connectivity index (χ4n) is 1.11. The van der Waals surface area contributed by atoms with Crippen molar-refractivity contribution in [1.29, 1.82) is 0 Å². The van der Waals surface area contributed by atoms with Gasteiger partial charge in [0, 0.05) is 19.9 Å². The van der Waals surface area contributed by atoms with Crippen molar-refractivity contribution in [2.45, 2.75) is 19.6 Å². The number of carbonyl (C=O) groups is 2. The zero-order valence-corrected chi connectivity index (χ0v) is 12.0. The number of hydrogen-bond donors (Lipinski definition) is 1. The number of ketones is 1. The van der Waals surface area contributed by atoms with E-state index in [4.69, 9.17) is 9.26 Å². The number of ether oxygens (including phenoxy) is 1. The van der Waals surface area contributed by atoms with Crippen LogP contribution in [0.1, 0.15) is 13.8 Å². The molecule has 6 nitrogen and oxygen atoms in total. The van der Waals surface area contributed by atoms with Gasteiger partial charge in [-0.1, -0.05) is 6.08 Å². The number of hydrogen-bond acceptors (Lipinski definition) is 6. The molecule has 0 saturated heterocycles. The molecule has 0 saturated carbocycles. The smallest absolute Gasteiger partial charge is 0.330 e. The summed E-state index contributed by atoms with van der Waals surface area (Å²) >= 11 is 0. The fraction of sp³-hybridized carbons (Fsp3) is 0.636. The molecular formula is C11H20NO5P. The van der Waals surface area contributed by atoms with Gasteiger partial charge >= 0.3 is 5.97 Å². The Hall–Kier alpha value is -0.970. The van der Waals surface area contributed by atoms with E-state index >= 15 is 0 Å². The largest absolute Gasteiger partial charge is 0.463 e. The van der Waals surface area contributed by atoms with Crippen LogP contribution in [-0.4, -0.2) is 44.5 Å². The van der Waals surface area contributed by atoms with Crippen LogP contribution in [0.3, 0.4) is 0 Å². The van der Waals surface area contributed by atoms with E-state index in [9.17, 15) is 14.2 Å². The van der Waals surface area contributed by atoms with Gasteiger partial charge in [-0.25, -0.2) is 4.79 Å². The van der Waals surface area contributed by atoms with E-state index < -0.39 is 19.1 Å². The summed E-state index contributed by atoms with van der Waals surface area (Å²) in [7, 11) is -1.65. The highest BCUT2D eigenvalue weighted by Gasteiger charge is 2.25. The van der Waals surface area contributed by atoms with Crippen LogP contribution in [0, 0.1) is 0 Å². The van der Waals surface area contributed by atoms with Crippen LogP contribution in [0.15, 0.2) is 12.2 Å². The molecule has 0 spiro atoms. The Morgan fingerprint density at radius 1 is 1.44 bits per heavy atom. The summed E-state index contributed by atoms with van der Waals surface area (Å²) in [5, 5.41) is 2.78. The minimum atomic E-state index is -2.97. The van der Waals surface area contributed by atoms with Crippen LogP contribution >= 0.6 is 7.37 Å². The summed E-state index contributed by atoms with van der Waals surface area (Å²) in [4.78, 5) is 22.1.